The molecule has 0 heterocycles. The Morgan fingerprint density at radius 3 is 2.60 bits per heavy atom. The fraction of sp³-hybridized carbons (Fsp3) is 0. The first-order valence-corrected chi connectivity index (χ1v) is 4.03. The van der Waals surface area contributed by atoms with Crippen LogP contribution in [0, 0.1) is 0 Å². The van der Waals surface area contributed by atoms with Crippen LogP contribution in [0.3, 0.4) is 0 Å². The Labute approximate surface area is 69.8 Å². The first-order valence-electron chi connectivity index (χ1n) is 3.16. The van der Waals surface area contributed by atoms with Crippen LogP contribution in [0.2, 0.25) is 0 Å². The molecular formula is C9H6Ru+. The van der Waals surface area contributed by atoms with E-state index < -0.39 is 0 Å². The van der Waals surface area contributed by atoms with Crippen LogP contribution in [-0.2, 0) is 17.9 Å². The number of allylic oxidation sites excluding steroid dienone is 1. The van der Waals surface area contributed by atoms with Gasteiger partial charge in [0.1, 0.15) is 0 Å². The quantitative estimate of drug-likeness (QED) is 0.579. The molecule has 0 bridgehead atoms. The summed E-state index contributed by atoms with van der Waals surface area (Å²) in [4.78, 5) is 0. The van der Waals surface area contributed by atoms with E-state index in [1.165, 1.54) is 15.2 Å². The molecule has 10 heavy (non-hydrogen) atoms. The van der Waals surface area contributed by atoms with E-state index in [1.54, 1.807) is 0 Å². The van der Waals surface area contributed by atoms with Crippen molar-refractivity contribution in [3.8, 4) is 0 Å². The maximum atomic E-state index is 2.64. The average Bonchev–Trinajstić information content (AvgIpc) is 2.34. The number of hydrogen-bond acceptors (Lipinski definition) is 0. The van der Waals surface area contributed by atoms with Crippen molar-refractivity contribution in [2.75, 3.05) is 0 Å². The normalized spacial score (nSPS) is 13.8. The first kappa shape index (κ1) is 6.18. The number of fused-ring (bicyclic) bond motifs is 1. The molecule has 0 saturated heterocycles. The third kappa shape index (κ3) is 0.820. The summed E-state index contributed by atoms with van der Waals surface area (Å²) >= 11 is 2.64. The fourth-order valence-corrected chi connectivity index (χ4v) is 1.65. The van der Waals surface area contributed by atoms with Gasteiger partial charge in [-0.15, -0.1) is 0 Å². The van der Waals surface area contributed by atoms with Crippen LogP contribution in [0.1, 0.15) is 11.1 Å². The monoisotopic (exact) mass is 216 g/mol. The summed E-state index contributed by atoms with van der Waals surface area (Å²) in [6.45, 7) is 0. The van der Waals surface area contributed by atoms with Crippen LogP contribution < -0.4 is 0 Å². The Hall–Kier alpha value is -0.547. The predicted octanol–water partition coefficient (Wildman–Crippen LogP) is 1.78. The maximum absolute atomic E-state index is 2.64. The third-order valence-corrected chi connectivity index (χ3v) is 2.37. The van der Waals surface area contributed by atoms with E-state index in [9.17, 15) is 0 Å². The minimum atomic E-state index is 1.30. The van der Waals surface area contributed by atoms with Gasteiger partial charge in [0, 0.05) is 0 Å². The summed E-state index contributed by atoms with van der Waals surface area (Å²) in [6.07, 6.45) is 4.27. The van der Waals surface area contributed by atoms with Crippen molar-refractivity contribution >= 4 is 10.2 Å². The van der Waals surface area contributed by atoms with Crippen molar-refractivity contribution in [3.63, 3.8) is 0 Å². The van der Waals surface area contributed by atoms with Crippen molar-refractivity contribution in [3.05, 3.63) is 41.5 Å². The molecule has 1 aromatic rings. The second-order valence-corrected chi connectivity index (χ2v) is 3.19. The summed E-state index contributed by atoms with van der Waals surface area (Å²) in [7, 11) is 0. The van der Waals surface area contributed by atoms with Crippen LogP contribution in [0.4, 0.5) is 0 Å². The standard InChI is InChI=1S/C9H6.Ru/c1-2-5-9-7-3-6-8(9)4-1;/h1-6H;/q;+1. The molecule has 0 unspecified atom stereocenters. The predicted molar refractivity (Wildman–Crippen MR) is 39.6 cm³/mol. The zero-order chi connectivity index (χ0) is 6.97. The van der Waals surface area contributed by atoms with Crippen LogP contribution in [-0.4, -0.2) is 4.11 Å². The number of benzene rings is 1. The van der Waals surface area contributed by atoms with Gasteiger partial charge < -0.3 is 0 Å². The van der Waals surface area contributed by atoms with Gasteiger partial charge in [-0.1, -0.05) is 0 Å². The summed E-state index contributed by atoms with van der Waals surface area (Å²) in [5.41, 5.74) is 2.68. The molecular weight excluding hydrogens is 209 g/mol. The Morgan fingerprint density at radius 2 is 1.80 bits per heavy atom. The summed E-state index contributed by atoms with van der Waals surface area (Å²) in [5.74, 6) is 0. The zero-order valence-electron chi connectivity index (χ0n) is 5.32. The third-order valence-electron chi connectivity index (χ3n) is 1.62. The summed E-state index contributed by atoms with van der Waals surface area (Å²) in [6, 6.07) is 8.40. The van der Waals surface area contributed by atoms with Crippen molar-refractivity contribution < 1.29 is 17.9 Å². The van der Waals surface area contributed by atoms with E-state index in [1.807, 2.05) is 0 Å². The molecule has 49 valence electrons. The molecule has 1 aromatic carbocycles. The van der Waals surface area contributed by atoms with Crippen LogP contribution in [0.5, 0.6) is 0 Å². The molecule has 0 radical (unpaired) electrons. The average molecular weight is 215 g/mol. The van der Waals surface area contributed by atoms with Crippen molar-refractivity contribution in [1.29, 1.82) is 0 Å². The minimum absolute atomic E-state index is 1.30. The van der Waals surface area contributed by atoms with Crippen molar-refractivity contribution in [2.45, 2.75) is 0 Å². The molecule has 0 N–H and O–H groups in total. The SMILES string of the molecule is [Ru+]=[C]1C=Cc2ccccc21. The van der Waals surface area contributed by atoms with Gasteiger partial charge in [-0.3, -0.25) is 0 Å². The molecule has 0 fully saturated rings. The van der Waals surface area contributed by atoms with E-state index in [0.717, 1.165) is 0 Å². The Bertz CT molecular complexity index is 310. The van der Waals surface area contributed by atoms with Crippen LogP contribution >= 0.6 is 0 Å². The van der Waals surface area contributed by atoms with E-state index in [2.05, 4.69) is 54.3 Å². The van der Waals surface area contributed by atoms with Gasteiger partial charge in [-0.05, 0) is 0 Å². The molecule has 1 aliphatic rings. The molecule has 1 heteroatoms. The van der Waals surface area contributed by atoms with Gasteiger partial charge in [0.25, 0.3) is 0 Å². The molecule has 0 aliphatic heterocycles. The molecule has 0 spiro atoms. The zero-order valence-corrected chi connectivity index (χ0v) is 7.06. The topological polar surface area (TPSA) is 0 Å². The van der Waals surface area contributed by atoms with E-state index in [0.29, 0.717) is 0 Å². The van der Waals surface area contributed by atoms with Gasteiger partial charge in [-0.2, -0.15) is 0 Å². The van der Waals surface area contributed by atoms with Gasteiger partial charge in [-0.25, -0.2) is 0 Å². The van der Waals surface area contributed by atoms with Gasteiger partial charge in [0.15, 0.2) is 0 Å². The van der Waals surface area contributed by atoms with Gasteiger partial charge in [0.05, 0.1) is 0 Å². The Balaban J connectivity index is 2.70. The Morgan fingerprint density at radius 1 is 1.00 bits per heavy atom. The van der Waals surface area contributed by atoms with Crippen molar-refractivity contribution in [1.82, 2.24) is 0 Å². The Kier molecular flexibility index (Phi) is 1.39. The molecule has 0 nitrogen and oxygen atoms in total. The van der Waals surface area contributed by atoms with E-state index >= 15 is 0 Å². The van der Waals surface area contributed by atoms with Crippen LogP contribution in [0.25, 0.3) is 6.08 Å². The van der Waals surface area contributed by atoms with E-state index in [4.69, 9.17) is 0 Å². The van der Waals surface area contributed by atoms with Gasteiger partial charge in [0.2, 0.25) is 0 Å². The van der Waals surface area contributed by atoms with Crippen LogP contribution in [0.15, 0.2) is 30.3 Å². The van der Waals surface area contributed by atoms with Gasteiger partial charge >= 0.3 is 69.5 Å². The molecule has 1 aliphatic carbocycles. The molecule has 0 aromatic heterocycles. The fourth-order valence-electron chi connectivity index (χ4n) is 1.10. The molecule has 0 amide bonds. The molecule has 0 saturated carbocycles. The summed E-state index contributed by atoms with van der Waals surface area (Å²) in [5, 5.41) is 0. The number of hydrogen-bond donors (Lipinski definition) is 0. The second-order valence-electron chi connectivity index (χ2n) is 2.26. The van der Waals surface area contributed by atoms with E-state index in [-0.39, 0.29) is 0 Å². The second kappa shape index (κ2) is 2.25. The molecule has 2 rings (SSSR count). The first-order chi connectivity index (χ1) is 4.88. The van der Waals surface area contributed by atoms with Crippen molar-refractivity contribution in [2.24, 2.45) is 0 Å². The molecule has 0 atom stereocenters. The number of rotatable bonds is 0. The summed E-state index contributed by atoms with van der Waals surface area (Å²) < 4.78 is 1.30.